The molecule has 3 fully saturated rings. The van der Waals surface area contributed by atoms with Crippen molar-refractivity contribution in [1.29, 1.82) is 0 Å². The minimum atomic E-state index is -0.720. The lowest BCUT2D eigenvalue weighted by molar-refractivity contribution is -0.134. The largest absolute Gasteiger partial charge is 0.354 e. The van der Waals surface area contributed by atoms with Gasteiger partial charge in [0.05, 0.1) is 0 Å². The van der Waals surface area contributed by atoms with Crippen LogP contribution < -0.4 is 10.6 Å². The Bertz CT molecular complexity index is 663. The van der Waals surface area contributed by atoms with Gasteiger partial charge in [-0.3, -0.25) is 9.59 Å². The van der Waals surface area contributed by atoms with Crippen LogP contribution in [0.4, 0.5) is 4.39 Å². The third kappa shape index (κ3) is 3.55. The monoisotopic (exact) mass is 344 g/mol. The molecule has 3 aliphatic rings. The molecule has 2 atom stereocenters. The van der Waals surface area contributed by atoms with Crippen molar-refractivity contribution < 1.29 is 14.0 Å². The van der Waals surface area contributed by atoms with Crippen molar-refractivity contribution in [2.45, 2.75) is 56.4 Å². The minimum absolute atomic E-state index is 0.00997. The number of carbonyl (C=O) groups is 2. The molecule has 2 N–H and O–H groups in total. The van der Waals surface area contributed by atoms with E-state index in [-0.39, 0.29) is 29.5 Å². The van der Waals surface area contributed by atoms with Crippen molar-refractivity contribution in [2.75, 3.05) is 6.54 Å². The van der Waals surface area contributed by atoms with Crippen molar-refractivity contribution in [3.05, 3.63) is 35.6 Å². The molecule has 4 rings (SSSR count). The first kappa shape index (κ1) is 16.6. The topological polar surface area (TPSA) is 58.2 Å². The SMILES string of the molecule is O=C(NC1(C(=O)NCC2CC2)CCCC1)[C@H]1C[C@H]1c1ccc(F)cc1. The summed E-state index contributed by atoms with van der Waals surface area (Å²) in [5.41, 5.74) is 0.280. The molecular formula is C20H25FN2O2. The van der Waals surface area contributed by atoms with Gasteiger partial charge in [-0.1, -0.05) is 25.0 Å². The number of amides is 2. The van der Waals surface area contributed by atoms with Crippen LogP contribution in [0, 0.1) is 17.7 Å². The van der Waals surface area contributed by atoms with Crippen LogP contribution in [0.15, 0.2) is 24.3 Å². The van der Waals surface area contributed by atoms with Crippen LogP contribution in [0.25, 0.3) is 0 Å². The summed E-state index contributed by atoms with van der Waals surface area (Å²) in [6.45, 7) is 0.734. The van der Waals surface area contributed by atoms with E-state index in [1.54, 1.807) is 12.1 Å². The van der Waals surface area contributed by atoms with Gasteiger partial charge in [-0.25, -0.2) is 4.39 Å². The van der Waals surface area contributed by atoms with Crippen LogP contribution in [0.5, 0.6) is 0 Å². The van der Waals surface area contributed by atoms with Crippen molar-refractivity contribution in [1.82, 2.24) is 10.6 Å². The molecule has 3 aliphatic carbocycles. The molecule has 0 spiro atoms. The molecule has 0 unspecified atom stereocenters. The summed E-state index contributed by atoms with van der Waals surface area (Å²) in [6, 6.07) is 6.38. The molecular weight excluding hydrogens is 319 g/mol. The van der Waals surface area contributed by atoms with Gasteiger partial charge >= 0.3 is 0 Å². The maximum absolute atomic E-state index is 13.0. The van der Waals surface area contributed by atoms with E-state index in [9.17, 15) is 14.0 Å². The van der Waals surface area contributed by atoms with E-state index in [1.807, 2.05) is 0 Å². The summed E-state index contributed by atoms with van der Waals surface area (Å²) >= 11 is 0. The lowest BCUT2D eigenvalue weighted by Gasteiger charge is -2.29. The number of nitrogens with one attached hydrogen (secondary N) is 2. The standard InChI is InChI=1S/C20H25FN2O2/c21-15-7-5-14(6-8-15)16-11-17(16)18(24)23-20(9-1-2-10-20)19(25)22-12-13-3-4-13/h5-8,13,16-17H,1-4,9-12H2,(H,22,25)(H,23,24)/t16-,17-/m0/s1. The first-order valence-corrected chi connectivity index (χ1v) is 9.43. The van der Waals surface area contributed by atoms with E-state index >= 15 is 0 Å². The van der Waals surface area contributed by atoms with Crippen LogP contribution in [0.2, 0.25) is 0 Å². The fourth-order valence-corrected chi connectivity index (χ4v) is 4.01. The summed E-state index contributed by atoms with van der Waals surface area (Å²) in [6.07, 6.45) is 6.57. The number of hydrogen-bond acceptors (Lipinski definition) is 2. The zero-order valence-corrected chi connectivity index (χ0v) is 14.4. The average Bonchev–Trinajstić information content (AvgIpc) is 3.52. The zero-order chi connectivity index (χ0) is 17.4. The van der Waals surface area contributed by atoms with E-state index in [0.717, 1.165) is 44.2 Å². The number of rotatable bonds is 6. The van der Waals surface area contributed by atoms with Gasteiger partial charge in [-0.2, -0.15) is 0 Å². The smallest absolute Gasteiger partial charge is 0.245 e. The minimum Gasteiger partial charge on any atom is -0.354 e. The molecule has 0 radical (unpaired) electrons. The molecule has 1 aromatic carbocycles. The molecule has 0 bridgehead atoms. The highest BCUT2D eigenvalue weighted by atomic mass is 19.1. The molecule has 4 nitrogen and oxygen atoms in total. The zero-order valence-electron chi connectivity index (χ0n) is 14.4. The van der Waals surface area contributed by atoms with E-state index in [2.05, 4.69) is 10.6 Å². The van der Waals surface area contributed by atoms with Gasteiger partial charge in [0.1, 0.15) is 11.4 Å². The van der Waals surface area contributed by atoms with Gasteiger partial charge in [0.25, 0.3) is 0 Å². The molecule has 2 amide bonds. The van der Waals surface area contributed by atoms with Crippen molar-refractivity contribution in [2.24, 2.45) is 11.8 Å². The molecule has 25 heavy (non-hydrogen) atoms. The summed E-state index contributed by atoms with van der Waals surface area (Å²) in [7, 11) is 0. The summed E-state index contributed by atoms with van der Waals surface area (Å²) in [4.78, 5) is 25.4. The second-order valence-corrected chi connectivity index (χ2v) is 7.93. The van der Waals surface area contributed by atoms with Gasteiger partial charge in [0.15, 0.2) is 0 Å². The van der Waals surface area contributed by atoms with Crippen molar-refractivity contribution in [3.63, 3.8) is 0 Å². The summed E-state index contributed by atoms with van der Waals surface area (Å²) in [5, 5.41) is 6.13. The third-order valence-corrected chi connectivity index (χ3v) is 5.93. The number of hydrogen-bond donors (Lipinski definition) is 2. The fraction of sp³-hybridized carbons (Fsp3) is 0.600. The Morgan fingerprint density at radius 3 is 2.44 bits per heavy atom. The lowest BCUT2D eigenvalue weighted by atomic mass is 9.95. The normalized spacial score (nSPS) is 26.9. The van der Waals surface area contributed by atoms with E-state index in [1.165, 1.54) is 25.0 Å². The molecule has 134 valence electrons. The first-order chi connectivity index (χ1) is 12.1. The Labute approximate surface area is 147 Å². The van der Waals surface area contributed by atoms with Gasteiger partial charge in [0.2, 0.25) is 11.8 Å². The molecule has 3 saturated carbocycles. The molecule has 0 heterocycles. The van der Waals surface area contributed by atoms with E-state index in [0.29, 0.717) is 5.92 Å². The molecule has 0 aromatic heterocycles. The van der Waals surface area contributed by atoms with Gasteiger partial charge in [-0.05, 0) is 61.6 Å². The lowest BCUT2D eigenvalue weighted by Crippen LogP contribution is -2.57. The Kier molecular flexibility index (Phi) is 4.26. The Morgan fingerprint density at radius 1 is 1.12 bits per heavy atom. The second-order valence-electron chi connectivity index (χ2n) is 7.93. The predicted octanol–water partition coefficient (Wildman–Crippen LogP) is 2.88. The second kappa shape index (κ2) is 6.43. The number of benzene rings is 1. The number of halogens is 1. The molecule has 1 aromatic rings. The van der Waals surface area contributed by atoms with E-state index < -0.39 is 5.54 Å². The van der Waals surface area contributed by atoms with Crippen LogP contribution in [0.1, 0.15) is 56.4 Å². The maximum atomic E-state index is 13.0. The third-order valence-electron chi connectivity index (χ3n) is 5.93. The number of carbonyl (C=O) groups excluding carboxylic acids is 2. The molecule has 0 aliphatic heterocycles. The quantitative estimate of drug-likeness (QED) is 0.834. The maximum Gasteiger partial charge on any atom is 0.245 e. The van der Waals surface area contributed by atoms with Crippen LogP contribution in [-0.2, 0) is 9.59 Å². The first-order valence-electron chi connectivity index (χ1n) is 9.43. The molecule has 0 saturated heterocycles. The highest BCUT2D eigenvalue weighted by Gasteiger charge is 2.49. The average molecular weight is 344 g/mol. The van der Waals surface area contributed by atoms with Gasteiger partial charge < -0.3 is 10.6 Å². The fourth-order valence-electron chi connectivity index (χ4n) is 4.01. The van der Waals surface area contributed by atoms with Crippen LogP contribution >= 0.6 is 0 Å². The van der Waals surface area contributed by atoms with Crippen molar-refractivity contribution in [3.8, 4) is 0 Å². The van der Waals surface area contributed by atoms with Crippen LogP contribution in [0.3, 0.4) is 0 Å². The molecule has 5 heteroatoms. The highest BCUT2D eigenvalue weighted by Crippen LogP contribution is 2.48. The Balaban J connectivity index is 1.38. The van der Waals surface area contributed by atoms with Crippen molar-refractivity contribution >= 4 is 11.8 Å². The Hall–Kier alpha value is -1.91. The predicted molar refractivity (Wildman–Crippen MR) is 92.3 cm³/mol. The summed E-state index contributed by atoms with van der Waals surface area (Å²) < 4.78 is 13.0. The van der Waals surface area contributed by atoms with Gasteiger partial charge in [0, 0.05) is 12.5 Å². The summed E-state index contributed by atoms with van der Waals surface area (Å²) in [5.74, 6) is 0.377. The van der Waals surface area contributed by atoms with E-state index in [4.69, 9.17) is 0 Å². The van der Waals surface area contributed by atoms with Crippen LogP contribution in [-0.4, -0.2) is 23.9 Å². The Morgan fingerprint density at radius 2 is 1.80 bits per heavy atom. The highest BCUT2D eigenvalue weighted by molar-refractivity contribution is 5.93. The van der Waals surface area contributed by atoms with Gasteiger partial charge in [-0.15, -0.1) is 0 Å².